The highest BCUT2D eigenvalue weighted by molar-refractivity contribution is 8.00. The molecule has 0 radical (unpaired) electrons. The monoisotopic (exact) mass is 230 g/mol. The van der Waals surface area contributed by atoms with Crippen molar-refractivity contribution < 1.29 is 4.79 Å². The number of rotatable bonds is 0. The molecule has 0 aromatic carbocycles. The fourth-order valence-corrected chi connectivity index (χ4v) is 3.56. The van der Waals surface area contributed by atoms with Gasteiger partial charge in [-0.15, -0.1) is 11.8 Å². The molecule has 0 unspecified atom stereocenters. The Morgan fingerprint density at radius 1 is 1.33 bits per heavy atom. The summed E-state index contributed by atoms with van der Waals surface area (Å²) < 4.78 is 0. The van der Waals surface area contributed by atoms with E-state index in [1.54, 1.807) is 0 Å². The van der Waals surface area contributed by atoms with E-state index in [0.717, 1.165) is 38.1 Å². The van der Waals surface area contributed by atoms with Gasteiger partial charge in [-0.3, -0.25) is 4.79 Å². The first-order valence-corrected chi connectivity index (χ1v) is 6.84. The van der Waals surface area contributed by atoms with Crippen LogP contribution in [0.4, 0.5) is 0 Å². The molecular weight excluding hydrogens is 208 g/mol. The molecule has 0 saturated carbocycles. The number of hydrogen-bond acceptors (Lipinski definition) is 3. The normalized spacial score (nSPS) is 24.7. The van der Waals surface area contributed by atoms with Crippen LogP contribution in [0.25, 0.3) is 0 Å². The third kappa shape index (κ3) is 2.67. The van der Waals surface area contributed by atoms with Crippen molar-refractivity contribution in [1.29, 1.82) is 0 Å². The molecule has 2 aliphatic heterocycles. The second-order valence-electron chi connectivity index (χ2n) is 3.75. The van der Waals surface area contributed by atoms with E-state index in [1.807, 2.05) is 37.6 Å². The van der Waals surface area contributed by atoms with Gasteiger partial charge in [-0.25, -0.2) is 0 Å². The molecule has 1 spiro atoms. The maximum Gasteiger partial charge on any atom is 0.224 e. The van der Waals surface area contributed by atoms with Gasteiger partial charge in [0.1, 0.15) is 0 Å². The Morgan fingerprint density at radius 3 is 2.53 bits per heavy atom. The molecule has 0 aliphatic carbocycles. The van der Waals surface area contributed by atoms with Gasteiger partial charge < -0.3 is 10.2 Å². The zero-order chi connectivity index (χ0) is 11.3. The van der Waals surface area contributed by atoms with E-state index in [-0.39, 0.29) is 4.87 Å². The average Bonchev–Trinajstić information content (AvgIpc) is 2.30. The van der Waals surface area contributed by atoms with Crippen LogP contribution in [0.5, 0.6) is 0 Å². The van der Waals surface area contributed by atoms with E-state index in [9.17, 15) is 4.79 Å². The van der Waals surface area contributed by atoms with Crippen LogP contribution in [0.2, 0.25) is 0 Å². The molecule has 2 aliphatic rings. The summed E-state index contributed by atoms with van der Waals surface area (Å²) in [5.41, 5.74) is 0. The molecular formula is C11H22N2OS. The first-order valence-electron chi connectivity index (χ1n) is 5.86. The Balaban J connectivity index is 0.000000531. The van der Waals surface area contributed by atoms with Crippen LogP contribution in [0.15, 0.2) is 0 Å². The smallest absolute Gasteiger partial charge is 0.224 e. The summed E-state index contributed by atoms with van der Waals surface area (Å²) in [6, 6.07) is 0. The van der Waals surface area contributed by atoms with E-state index < -0.39 is 0 Å². The van der Waals surface area contributed by atoms with Gasteiger partial charge in [0.15, 0.2) is 0 Å². The molecule has 4 heteroatoms. The van der Waals surface area contributed by atoms with Crippen molar-refractivity contribution in [3.8, 4) is 0 Å². The van der Waals surface area contributed by atoms with Crippen molar-refractivity contribution in [3.63, 3.8) is 0 Å². The fraction of sp³-hybridized carbons (Fsp3) is 0.909. The van der Waals surface area contributed by atoms with Gasteiger partial charge in [0.25, 0.3) is 0 Å². The molecule has 2 rings (SSSR count). The summed E-state index contributed by atoms with van der Waals surface area (Å²) >= 11 is 1.96. The highest BCUT2D eigenvalue weighted by atomic mass is 32.2. The van der Waals surface area contributed by atoms with Crippen molar-refractivity contribution in [2.75, 3.05) is 25.9 Å². The second kappa shape index (κ2) is 5.75. The topological polar surface area (TPSA) is 32.3 Å². The largest absolute Gasteiger partial charge is 0.331 e. The number of carbonyl (C=O) groups is 1. The zero-order valence-corrected chi connectivity index (χ0v) is 10.8. The number of thioether (sulfide) groups is 1. The maximum absolute atomic E-state index is 11.6. The Labute approximate surface area is 97.0 Å². The molecule has 2 heterocycles. The summed E-state index contributed by atoms with van der Waals surface area (Å²) in [6.07, 6.45) is 2.91. The van der Waals surface area contributed by atoms with Gasteiger partial charge in [0.05, 0.1) is 4.87 Å². The van der Waals surface area contributed by atoms with E-state index in [0.29, 0.717) is 5.91 Å². The minimum absolute atomic E-state index is 0.126. The first-order chi connectivity index (χ1) is 7.25. The highest BCUT2D eigenvalue weighted by Gasteiger charge is 2.41. The summed E-state index contributed by atoms with van der Waals surface area (Å²) in [6.45, 7) is 6.09. The standard InChI is InChI=1S/C9H16N2OS.C2H6/c1-11-8(12)2-7-13-9(11)3-5-10-6-4-9;1-2/h10H,2-7H2,1H3;1-2H3. The second-order valence-corrected chi connectivity index (χ2v) is 5.20. The van der Waals surface area contributed by atoms with Gasteiger partial charge >= 0.3 is 0 Å². The van der Waals surface area contributed by atoms with Gasteiger partial charge in [-0.2, -0.15) is 0 Å². The quantitative estimate of drug-likeness (QED) is 0.687. The lowest BCUT2D eigenvalue weighted by atomic mass is 10.0. The van der Waals surface area contributed by atoms with Crippen LogP contribution in [0.3, 0.4) is 0 Å². The van der Waals surface area contributed by atoms with Gasteiger partial charge in [-0.1, -0.05) is 13.8 Å². The molecule has 1 amide bonds. The lowest BCUT2D eigenvalue weighted by molar-refractivity contribution is -0.133. The molecule has 0 bridgehead atoms. The number of piperidine rings is 1. The van der Waals surface area contributed by atoms with Crippen LogP contribution >= 0.6 is 11.8 Å². The van der Waals surface area contributed by atoms with Gasteiger partial charge in [0.2, 0.25) is 5.91 Å². The van der Waals surface area contributed by atoms with E-state index in [1.165, 1.54) is 0 Å². The Kier molecular flexibility index (Phi) is 4.93. The average molecular weight is 230 g/mol. The predicted octanol–water partition coefficient (Wildman–Crippen LogP) is 1.69. The van der Waals surface area contributed by atoms with E-state index in [2.05, 4.69) is 5.32 Å². The third-order valence-electron chi connectivity index (χ3n) is 3.06. The number of nitrogens with one attached hydrogen (secondary N) is 1. The van der Waals surface area contributed by atoms with Crippen LogP contribution in [0, 0.1) is 0 Å². The number of hydrogen-bond donors (Lipinski definition) is 1. The van der Waals surface area contributed by atoms with Gasteiger partial charge in [0, 0.05) is 19.2 Å². The molecule has 2 fully saturated rings. The van der Waals surface area contributed by atoms with E-state index >= 15 is 0 Å². The summed E-state index contributed by atoms with van der Waals surface area (Å²) in [7, 11) is 1.96. The Bertz CT molecular complexity index is 209. The van der Waals surface area contributed by atoms with Crippen LogP contribution in [-0.2, 0) is 4.79 Å². The van der Waals surface area contributed by atoms with Crippen LogP contribution in [0.1, 0.15) is 33.1 Å². The maximum atomic E-state index is 11.6. The zero-order valence-electron chi connectivity index (χ0n) is 10.0. The van der Waals surface area contributed by atoms with Crippen molar-refractivity contribution in [3.05, 3.63) is 0 Å². The molecule has 1 N–H and O–H groups in total. The molecule has 3 nitrogen and oxygen atoms in total. The fourth-order valence-electron chi connectivity index (χ4n) is 2.12. The SMILES string of the molecule is CC.CN1C(=O)CCSC12CCNCC2. The van der Waals surface area contributed by atoms with Crippen LogP contribution < -0.4 is 5.32 Å². The van der Waals surface area contributed by atoms with Crippen molar-refractivity contribution in [2.45, 2.75) is 38.0 Å². The summed E-state index contributed by atoms with van der Waals surface area (Å²) in [4.78, 5) is 13.7. The summed E-state index contributed by atoms with van der Waals surface area (Å²) in [5.74, 6) is 1.32. The van der Waals surface area contributed by atoms with Crippen molar-refractivity contribution in [2.24, 2.45) is 0 Å². The lowest BCUT2D eigenvalue weighted by Crippen LogP contribution is -2.55. The van der Waals surface area contributed by atoms with E-state index in [4.69, 9.17) is 0 Å². The van der Waals surface area contributed by atoms with Crippen molar-refractivity contribution >= 4 is 17.7 Å². The molecule has 0 aromatic rings. The molecule has 0 aromatic heterocycles. The molecule has 0 atom stereocenters. The van der Waals surface area contributed by atoms with Gasteiger partial charge in [-0.05, 0) is 25.9 Å². The number of nitrogens with zero attached hydrogens (tertiary/aromatic N) is 1. The highest BCUT2D eigenvalue weighted by Crippen LogP contribution is 2.40. The number of amides is 1. The molecule has 15 heavy (non-hydrogen) atoms. The minimum Gasteiger partial charge on any atom is -0.331 e. The predicted molar refractivity (Wildman–Crippen MR) is 66.0 cm³/mol. The lowest BCUT2D eigenvalue weighted by Gasteiger charge is -2.47. The third-order valence-corrected chi connectivity index (χ3v) is 4.68. The summed E-state index contributed by atoms with van der Waals surface area (Å²) in [5, 5.41) is 3.34. The molecule has 2 saturated heterocycles. The molecule has 88 valence electrons. The Morgan fingerprint density at radius 2 is 1.93 bits per heavy atom. The number of carbonyl (C=O) groups excluding carboxylic acids is 1. The Hall–Kier alpha value is -0.220. The first kappa shape index (κ1) is 12.8. The van der Waals surface area contributed by atoms with Crippen LogP contribution in [-0.4, -0.2) is 41.6 Å². The minimum atomic E-state index is 0.126. The van der Waals surface area contributed by atoms with Crippen molar-refractivity contribution in [1.82, 2.24) is 10.2 Å².